The molecule has 0 saturated carbocycles. The molecule has 0 saturated heterocycles. The number of nitrogens with zero attached hydrogens (tertiary/aromatic N) is 1. The third kappa shape index (κ3) is 3.36. The van der Waals surface area contributed by atoms with Crippen LogP contribution in [0.1, 0.15) is 6.42 Å². The van der Waals surface area contributed by atoms with Crippen LogP contribution in [0.5, 0.6) is 0 Å². The average Bonchev–Trinajstić information content (AvgIpc) is 2.18. The lowest BCUT2D eigenvalue weighted by Crippen LogP contribution is -2.51. The minimum atomic E-state index is -1.02. The second-order valence-corrected chi connectivity index (χ2v) is 3.91. The maximum Gasteiger partial charge on any atom is 0.352 e. The molecule has 0 amide bonds. The van der Waals surface area contributed by atoms with E-state index >= 15 is 0 Å². The fraction of sp³-hybridized carbons (Fsp3) is 1.00. The summed E-state index contributed by atoms with van der Waals surface area (Å²) < 4.78 is 15.6. The smallest absolute Gasteiger partial charge is 0.317 e. The molecule has 0 N–H and O–H groups in total. The first-order chi connectivity index (χ1) is 6.16. The Hall–Kier alpha value is 0.0569. The van der Waals surface area contributed by atoms with E-state index in [-0.39, 0.29) is 0 Å². The van der Waals surface area contributed by atoms with E-state index in [9.17, 15) is 0 Å². The fourth-order valence-corrected chi connectivity index (χ4v) is 1.57. The Morgan fingerprint density at radius 2 is 1.62 bits per heavy atom. The van der Waals surface area contributed by atoms with E-state index in [0.29, 0.717) is 0 Å². The number of methoxy groups -OCH3 is 3. The Morgan fingerprint density at radius 3 is 1.92 bits per heavy atom. The lowest BCUT2D eigenvalue weighted by atomic mass is 10.4. The van der Waals surface area contributed by atoms with Crippen LogP contribution >= 0.6 is 0 Å². The third-order valence-corrected chi connectivity index (χ3v) is 2.80. The summed E-state index contributed by atoms with van der Waals surface area (Å²) in [6, 6.07) is 1.28. The fourth-order valence-electron chi connectivity index (χ4n) is 1.25. The lowest BCUT2D eigenvalue weighted by Gasteiger charge is -2.36. The van der Waals surface area contributed by atoms with Crippen LogP contribution in [-0.4, -0.2) is 56.2 Å². The molecular weight excluding hydrogens is 186 g/mol. The largest absolute Gasteiger partial charge is 0.352 e. The van der Waals surface area contributed by atoms with Crippen LogP contribution in [0.3, 0.4) is 0 Å². The molecule has 0 aromatic heterocycles. The van der Waals surface area contributed by atoms with Crippen molar-refractivity contribution < 1.29 is 14.2 Å². The molecule has 13 heavy (non-hydrogen) atoms. The quantitative estimate of drug-likeness (QED) is 0.421. The van der Waals surface area contributed by atoms with Gasteiger partial charge in [-0.1, -0.05) is 6.04 Å². The maximum absolute atomic E-state index is 5.19. The van der Waals surface area contributed by atoms with E-state index < -0.39 is 6.10 Å². The van der Waals surface area contributed by atoms with Crippen LogP contribution in [-0.2, 0) is 14.2 Å². The van der Waals surface area contributed by atoms with Crippen molar-refractivity contribution in [3.8, 4) is 0 Å². The van der Waals surface area contributed by atoms with Gasteiger partial charge in [0.25, 0.3) is 0 Å². The first-order valence-corrected chi connectivity index (χ1v) is 5.95. The topological polar surface area (TPSA) is 30.9 Å². The SMILES string of the molecule is COC(OC)(OC)N(C)CCC[SiH3]. The molecule has 0 aliphatic carbocycles. The summed E-state index contributed by atoms with van der Waals surface area (Å²) in [5.74, 6) is 0. The Kier molecular flexibility index (Phi) is 6.53. The van der Waals surface area contributed by atoms with E-state index in [1.54, 1.807) is 21.3 Å². The molecule has 0 spiro atoms. The Balaban J connectivity index is 4.17. The van der Waals surface area contributed by atoms with Crippen LogP contribution in [0.25, 0.3) is 0 Å². The third-order valence-electron chi connectivity index (χ3n) is 2.09. The molecule has 0 unspecified atom stereocenters. The summed E-state index contributed by atoms with van der Waals surface area (Å²) in [7, 11) is 7.88. The highest BCUT2D eigenvalue weighted by atomic mass is 28.1. The summed E-state index contributed by atoms with van der Waals surface area (Å²) in [5, 5.41) is 0. The van der Waals surface area contributed by atoms with Gasteiger partial charge in [0, 0.05) is 38.1 Å². The molecule has 0 atom stereocenters. The molecule has 0 heterocycles. The van der Waals surface area contributed by atoms with Crippen molar-refractivity contribution in [2.75, 3.05) is 34.9 Å². The molecule has 4 nitrogen and oxygen atoms in total. The van der Waals surface area contributed by atoms with E-state index in [4.69, 9.17) is 14.2 Å². The second-order valence-electron chi connectivity index (χ2n) is 2.91. The van der Waals surface area contributed by atoms with Crippen molar-refractivity contribution in [2.24, 2.45) is 0 Å². The molecule has 0 fully saturated rings. The molecule has 0 aliphatic heterocycles. The molecule has 0 aromatic carbocycles. The van der Waals surface area contributed by atoms with Crippen LogP contribution in [0.4, 0.5) is 0 Å². The van der Waals surface area contributed by atoms with Gasteiger partial charge in [0.2, 0.25) is 0 Å². The molecule has 0 bridgehead atoms. The second kappa shape index (κ2) is 6.50. The predicted octanol–water partition coefficient (Wildman–Crippen LogP) is -0.357. The van der Waals surface area contributed by atoms with Gasteiger partial charge >= 0.3 is 6.10 Å². The molecular formula is C8H21NO3Si. The standard InChI is InChI=1S/C8H21NO3Si/c1-9(6-5-7-13)8(10-2,11-3)12-4/h5-7H2,1-4,13H3. The van der Waals surface area contributed by atoms with Crippen molar-refractivity contribution >= 4 is 10.2 Å². The highest BCUT2D eigenvalue weighted by Gasteiger charge is 2.34. The van der Waals surface area contributed by atoms with Gasteiger partial charge in [-0.2, -0.15) is 0 Å². The highest BCUT2D eigenvalue weighted by Crippen LogP contribution is 2.16. The highest BCUT2D eigenvalue weighted by molar-refractivity contribution is 6.08. The van der Waals surface area contributed by atoms with Gasteiger partial charge < -0.3 is 14.2 Å². The summed E-state index contributed by atoms with van der Waals surface area (Å²) in [6.07, 6.45) is 0.136. The predicted molar refractivity (Wildman–Crippen MR) is 55.8 cm³/mol. The van der Waals surface area contributed by atoms with Crippen LogP contribution < -0.4 is 0 Å². The molecule has 0 radical (unpaired) electrons. The number of rotatable bonds is 7. The first kappa shape index (κ1) is 13.1. The van der Waals surface area contributed by atoms with Crippen LogP contribution in [0, 0.1) is 0 Å². The van der Waals surface area contributed by atoms with Gasteiger partial charge in [-0.15, -0.1) is 0 Å². The summed E-state index contributed by atoms with van der Waals surface area (Å²) in [4.78, 5) is 1.92. The molecule has 5 heteroatoms. The first-order valence-electron chi connectivity index (χ1n) is 4.53. The van der Waals surface area contributed by atoms with Crippen molar-refractivity contribution in [1.29, 1.82) is 0 Å². The number of ether oxygens (including phenoxy) is 3. The van der Waals surface area contributed by atoms with E-state index in [1.807, 2.05) is 11.9 Å². The van der Waals surface area contributed by atoms with Crippen molar-refractivity contribution in [2.45, 2.75) is 18.6 Å². The number of hydrogen-bond acceptors (Lipinski definition) is 4. The van der Waals surface area contributed by atoms with E-state index in [2.05, 4.69) is 0 Å². The van der Waals surface area contributed by atoms with E-state index in [0.717, 1.165) is 13.0 Å². The summed E-state index contributed by atoms with van der Waals surface area (Å²) in [6.45, 7) is 0.916. The van der Waals surface area contributed by atoms with Gasteiger partial charge in [0.15, 0.2) is 0 Å². The van der Waals surface area contributed by atoms with Gasteiger partial charge in [-0.3, -0.25) is 0 Å². The molecule has 80 valence electrons. The van der Waals surface area contributed by atoms with Crippen molar-refractivity contribution in [1.82, 2.24) is 4.90 Å². The maximum atomic E-state index is 5.19. The van der Waals surface area contributed by atoms with Crippen LogP contribution in [0.2, 0.25) is 6.04 Å². The normalized spacial score (nSPS) is 12.7. The molecule has 0 aliphatic rings. The molecule has 0 aromatic rings. The summed E-state index contributed by atoms with van der Waals surface area (Å²) in [5.41, 5.74) is 0. The van der Waals surface area contributed by atoms with E-state index in [1.165, 1.54) is 16.3 Å². The van der Waals surface area contributed by atoms with Gasteiger partial charge in [0.1, 0.15) is 0 Å². The van der Waals surface area contributed by atoms with Gasteiger partial charge in [-0.25, -0.2) is 4.90 Å². The Morgan fingerprint density at radius 1 is 1.15 bits per heavy atom. The molecule has 0 rings (SSSR count). The minimum Gasteiger partial charge on any atom is -0.317 e. The van der Waals surface area contributed by atoms with Crippen LogP contribution in [0.15, 0.2) is 0 Å². The zero-order valence-corrected chi connectivity index (χ0v) is 11.3. The van der Waals surface area contributed by atoms with Gasteiger partial charge in [-0.05, 0) is 13.5 Å². The monoisotopic (exact) mass is 207 g/mol. The number of hydrogen-bond donors (Lipinski definition) is 0. The minimum absolute atomic E-state index is 0.916. The Labute approximate surface area is 83.6 Å². The zero-order chi connectivity index (χ0) is 10.3. The zero-order valence-electron chi connectivity index (χ0n) is 9.29. The lowest BCUT2D eigenvalue weighted by molar-refractivity contribution is -0.419. The van der Waals surface area contributed by atoms with Gasteiger partial charge in [0.05, 0.1) is 0 Å². The average molecular weight is 207 g/mol. The Bertz CT molecular complexity index is 122. The summed E-state index contributed by atoms with van der Waals surface area (Å²) >= 11 is 0. The van der Waals surface area contributed by atoms with Crippen molar-refractivity contribution in [3.63, 3.8) is 0 Å². The van der Waals surface area contributed by atoms with Crippen molar-refractivity contribution in [3.05, 3.63) is 0 Å².